The van der Waals surface area contributed by atoms with Crippen molar-refractivity contribution in [3.05, 3.63) is 51.9 Å². The maximum Gasteiger partial charge on any atom is 0.252 e. The number of hydrogen-bond donors (Lipinski definition) is 1. The van der Waals surface area contributed by atoms with Gasteiger partial charge in [0.15, 0.2) is 0 Å². The van der Waals surface area contributed by atoms with Crippen molar-refractivity contribution in [1.82, 2.24) is 4.31 Å². The molecule has 8 heteroatoms. The maximum absolute atomic E-state index is 12.7. The zero-order valence-corrected chi connectivity index (χ0v) is 15.9. The molecular formula is C15H20Cl2N2O2S2. The molecule has 0 aliphatic heterocycles. The molecule has 1 aromatic heterocycles. The van der Waals surface area contributed by atoms with Crippen molar-refractivity contribution in [2.45, 2.75) is 17.6 Å². The highest BCUT2D eigenvalue weighted by molar-refractivity contribution is 7.91. The summed E-state index contributed by atoms with van der Waals surface area (Å²) in [5.74, 6) is 0. The summed E-state index contributed by atoms with van der Waals surface area (Å²) in [6.45, 7) is 2.78. The van der Waals surface area contributed by atoms with Gasteiger partial charge in [0.05, 0.1) is 4.34 Å². The number of sulfonamides is 1. The Hall–Kier alpha value is -0.630. The molecule has 0 bridgehead atoms. The largest absolute Gasteiger partial charge is 0.329 e. The van der Waals surface area contributed by atoms with Gasteiger partial charge in [-0.1, -0.05) is 41.9 Å². The molecule has 4 nitrogen and oxygen atoms in total. The predicted molar refractivity (Wildman–Crippen MR) is 99.3 cm³/mol. The van der Waals surface area contributed by atoms with Gasteiger partial charge in [0.2, 0.25) is 0 Å². The fourth-order valence-electron chi connectivity index (χ4n) is 2.08. The average molecular weight is 395 g/mol. The van der Waals surface area contributed by atoms with Crippen molar-refractivity contribution in [2.24, 2.45) is 5.73 Å². The highest BCUT2D eigenvalue weighted by Crippen LogP contribution is 2.31. The van der Waals surface area contributed by atoms with Gasteiger partial charge in [-0.2, -0.15) is 4.31 Å². The number of benzene rings is 1. The Morgan fingerprint density at radius 1 is 1.22 bits per heavy atom. The van der Waals surface area contributed by atoms with Gasteiger partial charge >= 0.3 is 0 Å². The minimum absolute atomic E-state index is 0. The minimum Gasteiger partial charge on any atom is -0.329 e. The molecule has 0 aliphatic rings. The fourth-order valence-corrected chi connectivity index (χ4v) is 5.40. The number of halogens is 2. The first-order valence-electron chi connectivity index (χ1n) is 6.95. The third kappa shape index (κ3) is 5.17. The molecule has 0 aliphatic carbocycles. The number of nitrogens with two attached hydrogens (primary N) is 1. The predicted octanol–water partition coefficient (Wildman–Crippen LogP) is 3.32. The molecule has 1 aromatic carbocycles. The van der Waals surface area contributed by atoms with Crippen molar-refractivity contribution >= 4 is 45.4 Å². The number of thiophene rings is 1. The first-order chi connectivity index (χ1) is 10.4. The first-order valence-corrected chi connectivity index (χ1v) is 9.58. The lowest BCUT2D eigenvalue weighted by molar-refractivity contribution is 0.423. The van der Waals surface area contributed by atoms with E-state index in [1.54, 1.807) is 13.0 Å². The summed E-state index contributed by atoms with van der Waals surface area (Å²) in [5.41, 5.74) is 7.46. The topological polar surface area (TPSA) is 63.4 Å². The van der Waals surface area contributed by atoms with Crippen LogP contribution in [0.4, 0.5) is 0 Å². The van der Waals surface area contributed by atoms with Crippen LogP contribution in [0.2, 0.25) is 4.34 Å². The van der Waals surface area contributed by atoms with Crippen LogP contribution in [-0.4, -0.2) is 32.4 Å². The zero-order valence-electron chi connectivity index (χ0n) is 12.7. The summed E-state index contributed by atoms with van der Waals surface area (Å²) in [7, 11) is -3.55. The Bertz CT molecular complexity index is 699. The molecule has 2 N–H and O–H groups in total. The molecule has 0 atom stereocenters. The van der Waals surface area contributed by atoms with E-state index in [-0.39, 0.29) is 23.2 Å². The van der Waals surface area contributed by atoms with E-state index in [2.05, 4.69) is 0 Å². The Morgan fingerprint density at radius 3 is 2.39 bits per heavy atom. The smallest absolute Gasteiger partial charge is 0.252 e. The quantitative estimate of drug-likeness (QED) is 0.782. The van der Waals surface area contributed by atoms with Crippen LogP contribution in [0, 0.1) is 6.92 Å². The Morgan fingerprint density at radius 2 is 1.87 bits per heavy atom. The van der Waals surface area contributed by atoms with Crippen molar-refractivity contribution in [3.8, 4) is 0 Å². The third-order valence-electron chi connectivity index (χ3n) is 3.30. The number of nitrogens with zero attached hydrogens (tertiary/aromatic N) is 1. The highest BCUT2D eigenvalue weighted by atomic mass is 35.5. The van der Waals surface area contributed by atoms with E-state index in [4.69, 9.17) is 17.3 Å². The van der Waals surface area contributed by atoms with Crippen LogP contribution in [0.3, 0.4) is 0 Å². The van der Waals surface area contributed by atoms with Crippen molar-refractivity contribution in [3.63, 3.8) is 0 Å². The van der Waals surface area contributed by atoms with Gasteiger partial charge in [-0.25, -0.2) is 8.42 Å². The summed E-state index contributed by atoms with van der Waals surface area (Å²) in [4.78, 5) is 0. The zero-order chi connectivity index (χ0) is 16.2. The van der Waals surface area contributed by atoms with Gasteiger partial charge in [0.25, 0.3) is 10.0 Å². The molecule has 0 fully saturated rings. The highest BCUT2D eigenvalue weighted by Gasteiger charge is 2.26. The van der Waals surface area contributed by atoms with Crippen molar-refractivity contribution < 1.29 is 8.42 Å². The second kappa shape index (κ2) is 9.01. The van der Waals surface area contributed by atoms with E-state index in [0.717, 1.165) is 22.5 Å². The normalized spacial score (nSPS) is 11.5. The summed E-state index contributed by atoms with van der Waals surface area (Å²) >= 11 is 7.09. The van der Waals surface area contributed by atoms with Gasteiger partial charge in [-0.3, -0.25) is 0 Å². The van der Waals surface area contributed by atoms with Gasteiger partial charge < -0.3 is 5.73 Å². The number of aryl methyl sites for hydroxylation is 1. The van der Waals surface area contributed by atoms with Crippen LogP contribution in [0.15, 0.2) is 40.6 Å². The summed E-state index contributed by atoms with van der Waals surface area (Å²) in [5, 5.41) is 0. The molecular weight excluding hydrogens is 375 g/mol. The summed E-state index contributed by atoms with van der Waals surface area (Å²) in [6, 6.07) is 11.4. The van der Waals surface area contributed by atoms with Crippen LogP contribution in [0.5, 0.6) is 0 Å². The van der Waals surface area contributed by atoms with E-state index >= 15 is 0 Å². The molecule has 0 saturated carbocycles. The lowest BCUT2D eigenvalue weighted by Crippen LogP contribution is -2.36. The molecule has 128 valence electrons. The van der Waals surface area contributed by atoms with Crippen molar-refractivity contribution in [1.29, 1.82) is 0 Å². The van der Waals surface area contributed by atoms with Crippen molar-refractivity contribution in [2.75, 3.05) is 19.6 Å². The molecule has 23 heavy (non-hydrogen) atoms. The molecule has 1 heterocycles. The summed E-state index contributed by atoms with van der Waals surface area (Å²) < 4.78 is 27.7. The van der Waals surface area contributed by atoms with Gasteiger partial charge in [-0.15, -0.1) is 23.7 Å². The SMILES string of the molecule is Cc1cc(S(=O)(=O)N(CCN)CCc2ccccc2)sc1Cl.Cl. The summed E-state index contributed by atoms with van der Waals surface area (Å²) in [6.07, 6.45) is 0.651. The van der Waals surface area contributed by atoms with Gasteiger partial charge in [0.1, 0.15) is 4.21 Å². The van der Waals surface area contributed by atoms with Crippen LogP contribution in [0.1, 0.15) is 11.1 Å². The van der Waals surface area contributed by atoms with Crippen LogP contribution < -0.4 is 5.73 Å². The molecule has 0 saturated heterocycles. The Labute approximate surface area is 152 Å². The second-order valence-electron chi connectivity index (χ2n) is 4.95. The molecule has 2 aromatic rings. The van der Waals surface area contributed by atoms with E-state index in [0.29, 0.717) is 23.8 Å². The second-order valence-corrected chi connectivity index (χ2v) is 8.77. The maximum atomic E-state index is 12.7. The average Bonchev–Trinajstić information content (AvgIpc) is 2.85. The van der Waals surface area contributed by atoms with Crippen LogP contribution >= 0.6 is 35.3 Å². The minimum atomic E-state index is -3.55. The van der Waals surface area contributed by atoms with E-state index in [1.807, 2.05) is 30.3 Å². The van der Waals surface area contributed by atoms with Gasteiger partial charge in [0, 0.05) is 19.6 Å². The lowest BCUT2D eigenvalue weighted by atomic mass is 10.1. The van der Waals surface area contributed by atoms with Gasteiger partial charge in [-0.05, 0) is 30.5 Å². The number of hydrogen-bond acceptors (Lipinski definition) is 4. The monoisotopic (exact) mass is 394 g/mol. The first kappa shape index (κ1) is 20.4. The third-order valence-corrected chi connectivity index (χ3v) is 7.20. The molecule has 0 unspecified atom stereocenters. The van der Waals surface area contributed by atoms with Crippen LogP contribution in [-0.2, 0) is 16.4 Å². The Balaban J connectivity index is 0.00000264. The number of rotatable bonds is 7. The standard InChI is InChI=1S/C15H19ClN2O2S2.ClH/c1-12-11-14(21-15(12)16)22(19,20)18(10-8-17)9-7-13-5-3-2-4-6-13;/h2-6,11H,7-10,17H2,1H3;1H. The molecule has 0 radical (unpaired) electrons. The molecule has 0 amide bonds. The lowest BCUT2D eigenvalue weighted by Gasteiger charge is -2.20. The molecule has 0 spiro atoms. The molecule has 2 rings (SSSR count). The fraction of sp³-hybridized carbons (Fsp3) is 0.333. The van der Waals surface area contributed by atoms with E-state index in [1.165, 1.54) is 4.31 Å². The van der Waals surface area contributed by atoms with E-state index in [9.17, 15) is 8.42 Å². The van der Waals surface area contributed by atoms with E-state index < -0.39 is 10.0 Å². The Kier molecular flexibility index (Phi) is 8.00. The van der Waals surface area contributed by atoms with Crippen LogP contribution in [0.25, 0.3) is 0 Å².